The van der Waals surface area contributed by atoms with Gasteiger partial charge < -0.3 is 14.6 Å². The van der Waals surface area contributed by atoms with Crippen LogP contribution in [-0.2, 0) is 0 Å². The Morgan fingerprint density at radius 3 is 2.38 bits per heavy atom. The standard InChI is InChI=1S/C15H9BrF3IO4/c1-7-9(14(22)23-8-5-3-2-4-6-8)12(21)11(20)10(16)13(7)24-15(17,18)19/h2-6,21H,1H3. The lowest BCUT2D eigenvalue weighted by Crippen LogP contribution is -2.20. The number of esters is 1. The van der Waals surface area contributed by atoms with E-state index in [4.69, 9.17) is 4.74 Å². The summed E-state index contributed by atoms with van der Waals surface area (Å²) in [5.41, 5.74) is -0.594. The number of aromatic hydroxyl groups is 1. The number of hydrogen-bond acceptors (Lipinski definition) is 4. The molecule has 0 aromatic heterocycles. The second-order valence-corrected chi connectivity index (χ2v) is 6.43. The van der Waals surface area contributed by atoms with Crippen LogP contribution in [0.15, 0.2) is 34.8 Å². The molecule has 24 heavy (non-hydrogen) atoms. The van der Waals surface area contributed by atoms with Crippen molar-refractivity contribution in [2.45, 2.75) is 13.3 Å². The molecule has 2 aromatic rings. The van der Waals surface area contributed by atoms with Gasteiger partial charge in [0, 0.05) is 5.56 Å². The van der Waals surface area contributed by atoms with Crippen LogP contribution >= 0.6 is 38.5 Å². The second-order valence-electron chi connectivity index (χ2n) is 4.56. The molecule has 0 spiro atoms. The predicted octanol–water partition coefficient (Wildman–Crippen LogP) is 5.19. The minimum Gasteiger partial charge on any atom is -0.506 e. The fraction of sp³-hybridized carbons (Fsp3) is 0.133. The van der Waals surface area contributed by atoms with Crippen LogP contribution < -0.4 is 9.47 Å². The Bertz CT molecular complexity index is 779. The Labute approximate surface area is 156 Å². The molecular formula is C15H9BrF3IO4. The summed E-state index contributed by atoms with van der Waals surface area (Å²) in [5.74, 6) is -1.90. The van der Waals surface area contributed by atoms with Crippen LogP contribution in [0.5, 0.6) is 17.2 Å². The Morgan fingerprint density at radius 2 is 1.83 bits per heavy atom. The zero-order chi connectivity index (χ0) is 18.1. The van der Waals surface area contributed by atoms with Gasteiger partial charge in [-0.05, 0) is 57.6 Å². The molecule has 0 atom stereocenters. The van der Waals surface area contributed by atoms with Crippen LogP contribution in [0, 0.1) is 10.5 Å². The number of hydrogen-bond donors (Lipinski definition) is 1. The first-order chi connectivity index (χ1) is 11.1. The highest BCUT2D eigenvalue weighted by Crippen LogP contribution is 2.44. The van der Waals surface area contributed by atoms with Crippen LogP contribution in [0.1, 0.15) is 15.9 Å². The Balaban J connectivity index is 2.51. The molecule has 2 rings (SSSR count). The Hall–Kier alpha value is -1.49. The van der Waals surface area contributed by atoms with Crippen molar-refractivity contribution >= 4 is 44.5 Å². The van der Waals surface area contributed by atoms with E-state index in [-0.39, 0.29) is 19.4 Å². The smallest absolute Gasteiger partial charge is 0.506 e. The van der Waals surface area contributed by atoms with Crippen molar-refractivity contribution < 1.29 is 32.5 Å². The molecule has 0 aliphatic rings. The number of carbonyl (C=O) groups excluding carboxylic acids is 1. The zero-order valence-corrected chi connectivity index (χ0v) is 15.7. The van der Waals surface area contributed by atoms with E-state index < -0.39 is 29.4 Å². The average molecular weight is 517 g/mol. The number of alkyl halides is 3. The van der Waals surface area contributed by atoms with Crippen LogP contribution in [-0.4, -0.2) is 17.4 Å². The van der Waals surface area contributed by atoms with Crippen molar-refractivity contribution in [3.8, 4) is 17.2 Å². The second kappa shape index (κ2) is 7.18. The molecule has 2 aromatic carbocycles. The number of halogens is 5. The maximum Gasteiger partial charge on any atom is 0.573 e. The fourth-order valence-electron chi connectivity index (χ4n) is 1.90. The van der Waals surface area contributed by atoms with Crippen molar-refractivity contribution in [1.29, 1.82) is 0 Å². The topological polar surface area (TPSA) is 55.8 Å². The van der Waals surface area contributed by atoms with Crippen molar-refractivity contribution in [3.05, 3.63) is 49.5 Å². The van der Waals surface area contributed by atoms with E-state index in [0.29, 0.717) is 0 Å². The van der Waals surface area contributed by atoms with E-state index >= 15 is 0 Å². The monoisotopic (exact) mass is 516 g/mol. The minimum absolute atomic E-state index is 0.00235. The molecule has 0 unspecified atom stereocenters. The van der Waals surface area contributed by atoms with Gasteiger partial charge in [-0.15, -0.1) is 13.2 Å². The fourth-order valence-corrected chi connectivity index (χ4v) is 2.98. The summed E-state index contributed by atoms with van der Waals surface area (Å²) in [6, 6.07) is 7.96. The molecule has 0 saturated heterocycles. The van der Waals surface area contributed by atoms with Crippen LogP contribution in [0.2, 0.25) is 0 Å². The minimum atomic E-state index is -4.95. The molecular weight excluding hydrogens is 508 g/mol. The molecule has 9 heteroatoms. The van der Waals surface area contributed by atoms with Gasteiger partial charge in [-0.2, -0.15) is 0 Å². The van der Waals surface area contributed by atoms with Crippen LogP contribution in [0.4, 0.5) is 13.2 Å². The van der Waals surface area contributed by atoms with Crippen molar-refractivity contribution in [3.63, 3.8) is 0 Å². The van der Waals surface area contributed by atoms with E-state index in [2.05, 4.69) is 20.7 Å². The van der Waals surface area contributed by atoms with Gasteiger partial charge in [0.1, 0.15) is 22.8 Å². The molecule has 0 aliphatic heterocycles. The van der Waals surface area contributed by atoms with Crippen molar-refractivity contribution in [2.24, 2.45) is 0 Å². The van der Waals surface area contributed by atoms with E-state index in [1.807, 2.05) is 0 Å². The molecule has 0 amide bonds. The van der Waals surface area contributed by atoms with E-state index in [1.54, 1.807) is 40.8 Å². The quantitative estimate of drug-likeness (QED) is 0.347. The third-order valence-electron chi connectivity index (χ3n) is 2.93. The molecule has 0 radical (unpaired) electrons. The van der Waals surface area contributed by atoms with Gasteiger partial charge >= 0.3 is 12.3 Å². The Kier molecular flexibility index (Phi) is 5.63. The first kappa shape index (κ1) is 18.8. The van der Waals surface area contributed by atoms with Crippen LogP contribution in [0.3, 0.4) is 0 Å². The maximum absolute atomic E-state index is 12.6. The van der Waals surface area contributed by atoms with Crippen molar-refractivity contribution in [2.75, 3.05) is 0 Å². The number of para-hydroxylation sites is 1. The van der Waals surface area contributed by atoms with Crippen molar-refractivity contribution in [1.82, 2.24) is 0 Å². The highest BCUT2D eigenvalue weighted by Gasteiger charge is 2.35. The van der Waals surface area contributed by atoms with Gasteiger partial charge in [0.25, 0.3) is 0 Å². The van der Waals surface area contributed by atoms with E-state index in [1.165, 1.54) is 19.1 Å². The molecule has 1 N–H and O–H groups in total. The summed E-state index contributed by atoms with van der Waals surface area (Å²) in [7, 11) is 0. The molecule has 0 saturated carbocycles. The average Bonchev–Trinajstić information content (AvgIpc) is 2.50. The summed E-state index contributed by atoms with van der Waals surface area (Å²) in [5, 5.41) is 10.2. The summed E-state index contributed by atoms with van der Waals surface area (Å²) < 4.78 is 46.7. The summed E-state index contributed by atoms with van der Waals surface area (Å²) in [4.78, 5) is 12.3. The van der Waals surface area contributed by atoms with Gasteiger partial charge in [-0.25, -0.2) is 4.79 Å². The lowest BCUT2D eigenvalue weighted by atomic mass is 10.1. The highest BCUT2D eigenvalue weighted by atomic mass is 127. The highest BCUT2D eigenvalue weighted by molar-refractivity contribution is 14.1. The predicted molar refractivity (Wildman–Crippen MR) is 91.3 cm³/mol. The Morgan fingerprint density at radius 1 is 1.25 bits per heavy atom. The summed E-state index contributed by atoms with van der Waals surface area (Å²) in [6.07, 6.45) is -4.95. The van der Waals surface area contributed by atoms with Gasteiger partial charge in [-0.3, -0.25) is 0 Å². The SMILES string of the molecule is Cc1c(OC(F)(F)F)c(Br)c(I)c(O)c1C(=O)Oc1ccccc1. The summed E-state index contributed by atoms with van der Waals surface area (Å²) >= 11 is 4.54. The van der Waals surface area contributed by atoms with Gasteiger partial charge in [0.2, 0.25) is 0 Å². The molecule has 0 heterocycles. The normalized spacial score (nSPS) is 11.2. The maximum atomic E-state index is 12.6. The zero-order valence-electron chi connectivity index (χ0n) is 11.9. The molecule has 0 fully saturated rings. The number of phenolic OH excluding ortho intramolecular Hbond substituents is 1. The van der Waals surface area contributed by atoms with Gasteiger partial charge in [-0.1, -0.05) is 18.2 Å². The lowest BCUT2D eigenvalue weighted by molar-refractivity contribution is -0.275. The third kappa shape index (κ3) is 4.12. The van der Waals surface area contributed by atoms with E-state index in [9.17, 15) is 23.1 Å². The molecule has 128 valence electrons. The van der Waals surface area contributed by atoms with Crippen LogP contribution in [0.25, 0.3) is 0 Å². The third-order valence-corrected chi connectivity index (χ3v) is 5.48. The number of benzene rings is 2. The van der Waals surface area contributed by atoms with Gasteiger partial charge in [0.15, 0.2) is 0 Å². The number of carbonyl (C=O) groups is 1. The first-order valence-corrected chi connectivity index (χ1v) is 8.22. The first-order valence-electron chi connectivity index (χ1n) is 6.35. The van der Waals surface area contributed by atoms with E-state index in [0.717, 1.165) is 0 Å². The van der Waals surface area contributed by atoms with Gasteiger partial charge in [0.05, 0.1) is 8.04 Å². The molecule has 4 nitrogen and oxygen atoms in total. The summed E-state index contributed by atoms with van der Waals surface area (Å²) in [6.45, 7) is 1.23. The lowest BCUT2D eigenvalue weighted by Gasteiger charge is -2.18. The number of phenols is 1. The molecule has 0 aliphatic carbocycles. The number of ether oxygens (including phenoxy) is 2. The largest absolute Gasteiger partial charge is 0.573 e. The number of rotatable bonds is 3. The molecule has 0 bridgehead atoms.